The molecule has 0 fully saturated rings. The quantitative estimate of drug-likeness (QED) is 0.783. The van der Waals surface area contributed by atoms with Gasteiger partial charge in [0.05, 0.1) is 0 Å². The van der Waals surface area contributed by atoms with Gasteiger partial charge in [-0.15, -0.1) is 0 Å². The van der Waals surface area contributed by atoms with Crippen LogP contribution in [-0.2, 0) is 27.3 Å². The standard InChI is InChI=1S/C21H21ClN2O4/c1-14(21(27)24-11-10-15-4-2-3-5-17(15)13-24)28-19(25)12-23-20(26)16-6-8-18(22)9-7-16/h2-9,14H,10-13H2,1H3,(H,23,26)/t14-/m0/s1. The lowest BCUT2D eigenvalue weighted by Crippen LogP contribution is -2.43. The number of carbonyl (C=O) groups excluding carboxylic acids is 3. The summed E-state index contributed by atoms with van der Waals surface area (Å²) in [6.45, 7) is 2.32. The summed E-state index contributed by atoms with van der Waals surface area (Å²) < 4.78 is 5.19. The van der Waals surface area contributed by atoms with E-state index in [0.717, 1.165) is 12.0 Å². The molecule has 0 radical (unpaired) electrons. The van der Waals surface area contributed by atoms with Crippen LogP contribution in [0.3, 0.4) is 0 Å². The fourth-order valence-electron chi connectivity index (χ4n) is 3.09. The van der Waals surface area contributed by atoms with Crippen LogP contribution >= 0.6 is 11.6 Å². The number of benzene rings is 2. The number of nitrogens with one attached hydrogen (secondary N) is 1. The molecule has 0 aromatic heterocycles. The highest BCUT2D eigenvalue weighted by atomic mass is 35.5. The molecule has 0 saturated heterocycles. The molecule has 2 aromatic carbocycles. The zero-order valence-electron chi connectivity index (χ0n) is 15.5. The summed E-state index contributed by atoms with van der Waals surface area (Å²) in [5.41, 5.74) is 2.73. The molecular formula is C21H21ClN2O4. The van der Waals surface area contributed by atoms with Crippen molar-refractivity contribution in [1.82, 2.24) is 10.2 Å². The van der Waals surface area contributed by atoms with E-state index in [2.05, 4.69) is 11.4 Å². The summed E-state index contributed by atoms with van der Waals surface area (Å²) in [6, 6.07) is 14.3. The monoisotopic (exact) mass is 400 g/mol. The molecule has 1 heterocycles. The van der Waals surface area contributed by atoms with Crippen molar-refractivity contribution in [1.29, 1.82) is 0 Å². The molecule has 1 aliphatic heterocycles. The van der Waals surface area contributed by atoms with Crippen molar-refractivity contribution in [3.63, 3.8) is 0 Å². The zero-order valence-corrected chi connectivity index (χ0v) is 16.2. The second-order valence-electron chi connectivity index (χ2n) is 6.60. The van der Waals surface area contributed by atoms with Gasteiger partial charge >= 0.3 is 5.97 Å². The van der Waals surface area contributed by atoms with Gasteiger partial charge in [0.2, 0.25) is 0 Å². The van der Waals surface area contributed by atoms with E-state index in [4.69, 9.17) is 16.3 Å². The third-order valence-corrected chi connectivity index (χ3v) is 4.85. The molecule has 1 N–H and O–H groups in total. The van der Waals surface area contributed by atoms with Crippen molar-refractivity contribution < 1.29 is 19.1 Å². The van der Waals surface area contributed by atoms with Crippen LogP contribution < -0.4 is 5.32 Å². The molecule has 0 saturated carbocycles. The molecule has 2 aromatic rings. The predicted molar refractivity (Wildman–Crippen MR) is 105 cm³/mol. The lowest BCUT2D eigenvalue weighted by molar-refractivity contribution is -0.158. The average molecular weight is 401 g/mol. The largest absolute Gasteiger partial charge is 0.451 e. The molecule has 6 nitrogen and oxygen atoms in total. The lowest BCUT2D eigenvalue weighted by Gasteiger charge is -2.30. The fraction of sp³-hybridized carbons (Fsp3) is 0.286. The number of rotatable bonds is 5. The van der Waals surface area contributed by atoms with Gasteiger partial charge in [-0.1, -0.05) is 35.9 Å². The van der Waals surface area contributed by atoms with E-state index in [0.29, 0.717) is 23.7 Å². The topological polar surface area (TPSA) is 75.7 Å². The van der Waals surface area contributed by atoms with Crippen LogP contribution in [0.5, 0.6) is 0 Å². The number of amides is 2. The third-order valence-electron chi connectivity index (χ3n) is 4.60. The highest BCUT2D eigenvalue weighted by Gasteiger charge is 2.27. The van der Waals surface area contributed by atoms with Crippen molar-refractivity contribution in [2.24, 2.45) is 0 Å². The summed E-state index contributed by atoms with van der Waals surface area (Å²) in [7, 11) is 0. The van der Waals surface area contributed by atoms with Gasteiger partial charge in [-0.25, -0.2) is 0 Å². The Hall–Kier alpha value is -2.86. The molecule has 0 unspecified atom stereocenters. The Balaban J connectivity index is 1.48. The second-order valence-corrected chi connectivity index (χ2v) is 7.04. The number of nitrogens with zero attached hydrogens (tertiary/aromatic N) is 1. The van der Waals surface area contributed by atoms with E-state index in [-0.39, 0.29) is 12.5 Å². The molecule has 2 amide bonds. The van der Waals surface area contributed by atoms with Crippen molar-refractivity contribution in [2.45, 2.75) is 26.0 Å². The van der Waals surface area contributed by atoms with Crippen molar-refractivity contribution in [2.75, 3.05) is 13.1 Å². The molecule has 1 aliphatic rings. The molecule has 146 valence electrons. The summed E-state index contributed by atoms with van der Waals surface area (Å²) in [6.07, 6.45) is -0.134. The predicted octanol–water partition coefficient (Wildman–Crippen LogP) is 2.59. The molecule has 0 spiro atoms. The number of carbonyl (C=O) groups is 3. The minimum absolute atomic E-state index is 0.244. The fourth-order valence-corrected chi connectivity index (χ4v) is 3.21. The Morgan fingerprint density at radius 3 is 2.50 bits per heavy atom. The van der Waals surface area contributed by atoms with Gasteiger partial charge in [0.25, 0.3) is 11.8 Å². The minimum Gasteiger partial charge on any atom is -0.451 e. The van der Waals surface area contributed by atoms with Crippen LogP contribution in [0.15, 0.2) is 48.5 Å². The van der Waals surface area contributed by atoms with Crippen LogP contribution in [0.1, 0.15) is 28.4 Å². The molecule has 0 aliphatic carbocycles. The number of esters is 1. The summed E-state index contributed by atoms with van der Waals surface area (Å²) >= 11 is 5.78. The maximum absolute atomic E-state index is 12.6. The first kappa shape index (κ1) is 19.9. The Morgan fingerprint density at radius 1 is 1.11 bits per heavy atom. The highest BCUT2D eigenvalue weighted by molar-refractivity contribution is 6.30. The molecule has 1 atom stereocenters. The van der Waals surface area contributed by atoms with E-state index < -0.39 is 18.0 Å². The number of hydrogen-bond acceptors (Lipinski definition) is 4. The van der Waals surface area contributed by atoms with Gasteiger partial charge in [0, 0.05) is 23.7 Å². The lowest BCUT2D eigenvalue weighted by atomic mass is 9.99. The Kier molecular flexibility index (Phi) is 6.31. The average Bonchev–Trinajstić information content (AvgIpc) is 2.71. The molecule has 7 heteroatoms. The Labute approximate surface area is 168 Å². The van der Waals surface area contributed by atoms with E-state index in [1.165, 1.54) is 5.56 Å². The van der Waals surface area contributed by atoms with E-state index in [9.17, 15) is 14.4 Å². The van der Waals surface area contributed by atoms with Crippen molar-refractivity contribution >= 4 is 29.4 Å². The normalized spacial score (nSPS) is 14.0. The van der Waals surface area contributed by atoms with Crippen LogP contribution in [0.4, 0.5) is 0 Å². The van der Waals surface area contributed by atoms with Crippen molar-refractivity contribution in [3.05, 3.63) is 70.2 Å². The third kappa shape index (κ3) is 4.89. The van der Waals surface area contributed by atoms with E-state index in [1.54, 1.807) is 36.1 Å². The number of ether oxygens (including phenoxy) is 1. The molecule has 3 rings (SSSR count). The van der Waals surface area contributed by atoms with E-state index in [1.807, 2.05) is 18.2 Å². The van der Waals surface area contributed by atoms with Crippen LogP contribution in [-0.4, -0.2) is 41.9 Å². The van der Waals surface area contributed by atoms with Gasteiger partial charge in [-0.3, -0.25) is 14.4 Å². The second kappa shape index (κ2) is 8.89. The smallest absolute Gasteiger partial charge is 0.326 e. The van der Waals surface area contributed by atoms with Crippen LogP contribution in [0.2, 0.25) is 5.02 Å². The number of fused-ring (bicyclic) bond motifs is 1. The first-order valence-electron chi connectivity index (χ1n) is 9.03. The zero-order chi connectivity index (χ0) is 20.1. The maximum Gasteiger partial charge on any atom is 0.326 e. The van der Waals surface area contributed by atoms with Crippen LogP contribution in [0, 0.1) is 0 Å². The van der Waals surface area contributed by atoms with Crippen molar-refractivity contribution in [3.8, 4) is 0 Å². The van der Waals surface area contributed by atoms with Gasteiger partial charge in [0.15, 0.2) is 6.10 Å². The summed E-state index contributed by atoms with van der Waals surface area (Å²) in [5, 5.41) is 2.99. The maximum atomic E-state index is 12.6. The molecule has 28 heavy (non-hydrogen) atoms. The summed E-state index contributed by atoms with van der Waals surface area (Å²) in [4.78, 5) is 38.3. The molecule has 0 bridgehead atoms. The highest BCUT2D eigenvalue weighted by Crippen LogP contribution is 2.19. The van der Waals surface area contributed by atoms with Gasteiger partial charge in [-0.05, 0) is 48.7 Å². The van der Waals surface area contributed by atoms with Gasteiger partial charge in [-0.2, -0.15) is 0 Å². The Bertz CT molecular complexity index is 882. The minimum atomic E-state index is -0.912. The summed E-state index contributed by atoms with van der Waals surface area (Å²) in [5.74, 6) is -1.33. The Morgan fingerprint density at radius 2 is 1.79 bits per heavy atom. The van der Waals surface area contributed by atoms with Gasteiger partial charge < -0.3 is 15.0 Å². The van der Waals surface area contributed by atoms with E-state index >= 15 is 0 Å². The number of halogens is 1. The molecular weight excluding hydrogens is 380 g/mol. The SMILES string of the molecule is C[C@H](OC(=O)CNC(=O)c1ccc(Cl)cc1)C(=O)N1CCc2ccccc2C1. The number of hydrogen-bond donors (Lipinski definition) is 1. The van der Waals surface area contributed by atoms with Crippen LogP contribution in [0.25, 0.3) is 0 Å². The first-order valence-corrected chi connectivity index (χ1v) is 9.40. The van der Waals surface area contributed by atoms with Gasteiger partial charge in [0.1, 0.15) is 6.54 Å². The first-order chi connectivity index (χ1) is 13.4.